The van der Waals surface area contributed by atoms with E-state index in [1.807, 2.05) is 57.5 Å². The van der Waals surface area contributed by atoms with Gasteiger partial charge in [-0.1, -0.05) is 57.2 Å². The number of β-amino-alcohol motifs (C(OH)–C–C–N with tert-alkyl or cyclic N) is 1. The van der Waals surface area contributed by atoms with Crippen molar-refractivity contribution in [2.75, 3.05) is 29.6 Å². The highest BCUT2D eigenvalue weighted by molar-refractivity contribution is 7.13. The molecule has 0 unspecified atom stereocenters. The molecule has 0 radical (unpaired) electrons. The number of aromatic nitrogens is 1. The Bertz CT molecular complexity index is 2700. The van der Waals surface area contributed by atoms with Crippen LogP contribution in [0.15, 0.2) is 96.5 Å². The third kappa shape index (κ3) is 10.6. The molecule has 2 fully saturated rings. The van der Waals surface area contributed by atoms with Gasteiger partial charge in [-0.2, -0.15) is 0 Å². The number of rotatable bonds is 16. The third-order valence-electron chi connectivity index (χ3n) is 12.2. The average Bonchev–Trinajstić information content (AvgIpc) is 3.96. The van der Waals surface area contributed by atoms with Crippen molar-refractivity contribution < 1.29 is 38.6 Å². The van der Waals surface area contributed by atoms with E-state index in [-0.39, 0.29) is 37.7 Å². The Morgan fingerprint density at radius 3 is 2.27 bits per heavy atom. The summed E-state index contributed by atoms with van der Waals surface area (Å²) in [5, 5.41) is 13.6. The molecule has 0 spiro atoms. The van der Waals surface area contributed by atoms with E-state index in [9.17, 15) is 29.1 Å². The van der Waals surface area contributed by atoms with Crippen LogP contribution in [0, 0.1) is 25.8 Å². The smallest absolute Gasteiger partial charge is 0.336 e. The summed E-state index contributed by atoms with van der Waals surface area (Å²) >= 11 is 1.58. The molecule has 1 aromatic heterocycles. The Morgan fingerprint density at radius 2 is 1.63 bits per heavy atom. The topological polar surface area (TPSA) is 163 Å². The molecular formula is C52H56N6O8S. The molecule has 2 N–H and O–H groups in total. The summed E-state index contributed by atoms with van der Waals surface area (Å²) < 4.78 is 11.9. The van der Waals surface area contributed by atoms with E-state index in [0.29, 0.717) is 59.1 Å². The molecule has 0 aliphatic carbocycles. The number of hydrogen-bond acceptors (Lipinski definition) is 10. The van der Waals surface area contributed by atoms with Crippen LogP contribution in [-0.2, 0) is 20.8 Å². The summed E-state index contributed by atoms with van der Waals surface area (Å²) in [6.07, 6.45) is 0.479. The van der Waals surface area contributed by atoms with Gasteiger partial charge in [0.25, 0.3) is 11.8 Å². The van der Waals surface area contributed by atoms with Crippen molar-refractivity contribution in [2.24, 2.45) is 5.41 Å². The fourth-order valence-corrected chi connectivity index (χ4v) is 9.26. The maximum Gasteiger partial charge on any atom is 0.336 e. The number of anilines is 2. The fourth-order valence-electron chi connectivity index (χ4n) is 8.45. The van der Waals surface area contributed by atoms with Gasteiger partial charge in [-0.15, -0.1) is 11.3 Å². The number of benzene rings is 4. The van der Waals surface area contributed by atoms with Gasteiger partial charge in [-0.05, 0) is 111 Å². The van der Waals surface area contributed by atoms with Crippen molar-refractivity contribution in [1.82, 2.24) is 15.2 Å². The molecule has 348 valence electrons. The number of aryl methyl sites for hydroxylation is 3. The summed E-state index contributed by atoms with van der Waals surface area (Å²) in [7, 11) is 0. The van der Waals surface area contributed by atoms with Crippen LogP contribution in [-0.4, -0.2) is 88.0 Å². The molecule has 2 aliphatic rings. The van der Waals surface area contributed by atoms with Crippen LogP contribution in [0.3, 0.4) is 0 Å². The number of carbonyl (C=O) groups excluding carboxylic acids is 5. The number of aliphatic hydroxyl groups is 1. The maximum absolute atomic E-state index is 14.2. The second-order valence-corrected chi connectivity index (χ2v) is 19.4. The largest absolute Gasteiger partial charge is 0.493 e. The number of hydrogen-bond donors (Lipinski definition) is 2. The van der Waals surface area contributed by atoms with E-state index in [1.165, 1.54) is 9.80 Å². The Hall–Kier alpha value is -6.89. The van der Waals surface area contributed by atoms with Crippen molar-refractivity contribution in [3.63, 3.8) is 0 Å². The number of ketones is 1. The number of thiazole rings is 1. The number of likely N-dealkylation sites (tertiary alicyclic amines) is 1. The standard InChI is InChI=1S/C52H56N6O8S/c1-32-27-38(20-23-42(32)53-8)57-49(63)52(6,7)58(50(57)64)37-18-21-40(22-19-37)65-25-10-26-66-41-12-9-11-36(28-41)47(61)55-46(51(3,4)5)48(62)56-30-39(59)29-43(56)44(60)24-15-34-13-16-35(17-14-34)45-33(2)54-31-67-45/h9,11-14,16-23,27-28,31,39,43,46,59H,10,15,24-26,29-30H2,1-7H3,(H,55,61)/t39-,43+,46-/m1/s1. The zero-order chi connectivity index (χ0) is 48.2. The first-order valence-electron chi connectivity index (χ1n) is 22.3. The number of aliphatic hydroxyl groups excluding tert-OH is 1. The normalized spacial score (nSPS) is 17.3. The molecule has 0 saturated carbocycles. The molecule has 3 heterocycles. The lowest BCUT2D eigenvalue weighted by Gasteiger charge is -2.35. The number of amides is 5. The Labute approximate surface area is 395 Å². The number of nitrogens with one attached hydrogen (secondary N) is 1. The molecule has 15 heteroatoms. The van der Waals surface area contributed by atoms with E-state index in [1.54, 1.807) is 98.8 Å². The lowest BCUT2D eigenvalue weighted by molar-refractivity contribution is -0.141. The molecule has 67 heavy (non-hydrogen) atoms. The first-order chi connectivity index (χ1) is 31.9. The highest BCUT2D eigenvalue weighted by atomic mass is 32.1. The van der Waals surface area contributed by atoms with Crippen LogP contribution in [0.4, 0.5) is 21.9 Å². The minimum atomic E-state index is -1.16. The van der Waals surface area contributed by atoms with Crippen molar-refractivity contribution in [2.45, 2.75) is 97.9 Å². The zero-order valence-electron chi connectivity index (χ0n) is 38.9. The molecule has 4 aromatic carbocycles. The van der Waals surface area contributed by atoms with Gasteiger partial charge in [0, 0.05) is 37.1 Å². The highest BCUT2D eigenvalue weighted by Gasteiger charge is 2.53. The number of nitrogens with zero attached hydrogens (tertiary/aromatic N) is 5. The van der Waals surface area contributed by atoms with Gasteiger partial charge in [0.15, 0.2) is 11.5 Å². The van der Waals surface area contributed by atoms with Gasteiger partial charge in [-0.3, -0.25) is 24.1 Å². The quantitative estimate of drug-likeness (QED) is 0.0559. The lowest BCUT2D eigenvalue weighted by atomic mass is 9.85. The second-order valence-electron chi connectivity index (χ2n) is 18.6. The van der Waals surface area contributed by atoms with E-state index >= 15 is 0 Å². The number of Topliss-reactive ketones (excluding diaryl/α,β-unsaturated/α-hetero) is 1. The number of imide groups is 1. The molecular weight excluding hydrogens is 869 g/mol. The summed E-state index contributed by atoms with van der Waals surface area (Å²) in [6.45, 7) is 20.6. The van der Waals surface area contributed by atoms with Crippen LogP contribution >= 0.6 is 11.3 Å². The van der Waals surface area contributed by atoms with Gasteiger partial charge >= 0.3 is 6.03 Å². The molecule has 5 amide bonds. The Balaban J connectivity index is 0.899. The molecule has 5 aromatic rings. The van der Waals surface area contributed by atoms with Crippen LogP contribution < -0.4 is 24.6 Å². The summed E-state index contributed by atoms with van der Waals surface area (Å²) in [6, 6.07) is 24.2. The Kier molecular flexibility index (Phi) is 14.3. The minimum Gasteiger partial charge on any atom is -0.493 e. The van der Waals surface area contributed by atoms with Crippen LogP contribution in [0.5, 0.6) is 11.5 Å². The van der Waals surface area contributed by atoms with Crippen molar-refractivity contribution in [3.8, 4) is 21.9 Å². The third-order valence-corrected chi connectivity index (χ3v) is 13.2. The van der Waals surface area contributed by atoms with E-state index in [0.717, 1.165) is 26.6 Å². The maximum atomic E-state index is 14.2. The van der Waals surface area contributed by atoms with Gasteiger partial charge in [0.1, 0.15) is 23.1 Å². The van der Waals surface area contributed by atoms with Gasteiger partial charge in [0.05, 0.1) is 53.7 Å². The Morgan fingerprint density at radius 1 is 0.940 bits per heavy atom. The van der Waals surface area contributed by atoms with E-state index in [4.69, 9.17) is 16.0 Å². The van der Waals surface area contributed by atoms with Crippen molar-refractivity contribution in [3.05, 3.63) is 130 Å². The van der Waals surface area contributed by atoms with Crippen molar-refractivity contribution in [1.29, 1.82) is 0 Å². The minimum absolute atomic E-state index is 0.000342. The molecule has 0 bridgehead atoms. The molecule has 14 nitrogen and oxygen atoms in total. The first-order valence-corrected chi connectivity index (χ1v) is 23.2. The molecule has 3 atom stereocenters. The van der Waals surface area contributed by atoms with Crippen LogP contribution in [0.25, 0.3) is 15.3 Å². The molecule has 7 rings (SSSR count). The number of urea groups is 1. The summed E-state index contributed by atoms with van der Waals surface area (Å²) in [4.78, 5) is 81.7. The average molecular weight is 925 g/mol. The lowest BCUT2D eigenvalue weighted by Crippen LogP contribution is -2.56. The van der Waals surface area contributed by atoms with E-state index < -0.39 is 47.0 Å². The summed E-state index contributed by atoms with van der Waals surface area (Å²) in [5.41, 5.74) is 5.32. The fraction of sp³-hybridized carbons (Fsp3) is 0.365. The highest BCUT2D eigenvalue weighted by Crippen LogP contribution is 2.38. The van der Waals surface area contributed by atoms with E-state index in [2.05, 4.69) is 15.1 Å². The number of ether oxygens (including phenoxy) is 2. The molecule has 2 saturated heterocycles. The van der Waals surface area contributed by atoms with Crippen LogP contribution in [0.1, 0.15) is 81.1 Å². The monoisotopic (exact) mass is 924 g/mol. The predicted octanol–water partition coefficient (Wildman–Crippen LogP) is 8.89. The van der Waals surface area contributed by atoms with Gasteiger partial charge < -0.3 is 24.8 Å². The molecule has 2 aliphatic heterocycles. The zero-order valence-corrected chi connectivity index (χ0v) is 39.7. The van der Waals surface area contributed by atoms with Gasteiger partial charge in [-0.25, -0.2) is 19.5 Å². The SMILES string of the molecule is [C-]#[N+]c1ccc(N2C(=O)N(c3ccc(OCCCOc4cccc(C(=O)N[C@H](C(=O)N5C[C@H](O)C[C@H]5C(=O)CCc5ccc(-c6scnc6C)cc5)C(C)(C)C)c4)cc3)C(C)(C)C2=O)cc1C. The second kappa shape index (κ2) is 19.9. The van der Waals surface area contributed by atoms with Gasteiger partial charge in [0.2, 0.25) is 5.91 Å². The van der Waals surface area contributed by atoms with Crippen molar-refractivity contribution >= 4 is 57.9 Å². The number of carbonyl (C=O) groups is 5. The van der Waals surface area contributed by atoms with Crippen LogP contribution in [0.2, 0.25) is 0 Å². The predicted molar refractivity (Wildman–Crippen MR) is 258 cm³/mol. The summed E-state index contributed by atoms with van der Waals surface area (Å²) in [5.74, 6) is -0.400. The first kappa shape index (κ1) is 48.1.